The minimum absolute atomic E-state index is 0.753. The smallest absolute Gasteiger partial charge is 0.191 e. The van der Waals surface area contributed by atoms with Crippen LogP contribution in [0.25, 0.3) is 0 Å². The molecule has 1 rings (SSSR count). The molecule has 84 valence electrons. The van der Waals surface area contributed by atoms with Crippen LogP contribution >= 0.6 is 11.3 Å². The van der Waals surface area contributed by atoms with Crippen LogP contribution in [0.3, 0.4) is 0 Å². The first-order valence-electron chi connectivity index (χ1n) is 5.40. The number of guanidine groups is 1. The van der Waals surface area contributed by atoms with Gasteiger partial charge in [-0.25, -0.2) is 4.99 Å². The molecule has 2 N–H and O–H groups in total. The number of thiophene rings is 1. The summed E-state index contributed by atoms with van der Waals surface area (Å²) in [5, 5.41) is 10.7. The highest BCUT2D eigenvalue weighted by atomic mass is 32.1. The number of nitrogens with zero attached hydrogens (tertiary/aromatic N) is 1. The van der Waals surface area contributed by atoms with Gasteiger partial charge in [0.1, 0.15) is 0 Å². The van der Waals surface area contributed by atoms with Crippen LogP contribution in [-0.4, -0.2) is 19.0 Å². The van der Waals surface area contributed by atoms with E-state index in [2.05, 4.69) is 46.3 Å². The van der Waals surface area contributed by atoms with Gasteiger partial charge in [0.25, 0.3) is 0 Å². The Bertz CT molecular complexity index is 280. The summed E-state index contributed by atoms with van der Waals surface area (Å²) in [5.41, 5.74) is 1.27. The standard InChI is InChI=1S/C11H19N3S/c1-3-6-13-11(12-4-2)14-8-10-5-7-15-9-10/h5,7,9H,3-4,6,8H2,1-2H3,(H2,12,13,14). The highest BCUT2D eigenvalue weighted by Crippen LogP contribution is 2.06. The molecule has 1 aromatic heterocycles. The molecule has 0 radical (unpaired) electrons. The Morgan fingerprint density at radius 2 is 2.27 bits per heavy atom. The lowest BCUT2D eigenvalue weighted by atomic mass is 10.3. The molecule has 3 nitrogen and oxygen atoms in total. The SMILES string of the molecule is CCCNC(=NCc1ccsc1)NCC. The van der Waals surface area contributed by atoms with Gasteiger partial charge in [-0.1, -0.05) is 6.92 Å². The van der Waals surface area contributed by atoms with Crippen molar-refractivity contribution in [1.82, 2.24) is 10.6 Å². The first-order chi connectivity index (χ1) is 7.36. The monoisotopic (exact) mass is 225 g/mol. The number of aliphatic imine (C=N–C) groups is 1. The van der Waals surface area contributed by atoms with Crippen LogP contribution in [0.2, 0.25) is 0 Å². The average Bonchev–Trinajstić information content (AvgIpc) is 2.75. The molecule has 0 aliphatic rings. The fraction of sp³-hybridized carbons (Fsp3) is 0.545. The largest absolute Gasteiger partial charge is 0.357 e. The second kappa shape index (κ2) is 7.29. The van der Waals surface area contributed by atoms with Gasteiger partial charge in [-0.3, -0.25) is 0 Å². The Balaban J connectivity index is 2.43. The molecule has 0 unspecified atom stereocenters. The maximum absolute atomic E-state index is 4.49. The van der Waals surface area contributed by atoms with E-state index < -0.39 is 0 Å². The van der Waals surface area contributed by atoms with Crippen LogP contribution in [0.5, 0.6) is 0 Å². The molecule has 1 aromatic rings. The molecule has 0 bridgehead atoms. The minimum atomic E-state index is 0.753. The van der Waals surface area contributed by atoms with Crippen molar-refractivity contribution in [3.05, 3.63) is 22.4 Å². The van der Waals surface area contributed by atoms with E-state index in [1.54, 1.807) is 11.3 Å². The van der Waals surface area contributed by atoms with E-state index in [9.17, 15) is 0 Å². The van der Waals surface area contributed by atoms with Crippen LogP contribution in [0, 0.1) is 0 Å². The van der Waals surface area contributed by atoms with Gasteiger partial charge in [0.05, 0.1) is 6.54 Å². The lowest BCUT2D eigenvalue weighted by molar-refractivity contribution is 0.785. The van der Waals surface area contributed by atoms with Gasteiger partial charge in [0.15, 0.2) is 5.96 Å². The molecule has 0 amide bonds. The molecule has 0 atom stereocenters. The zero-order chi connectivity index (χ0) is 10.9. The fourth-order valence-electron chi connectivity index (χ4n) is 1.14. The van der Waals surface area contributed by atoms with Crippen LogP contribution in [-0.2, 0) is 6.54 Å². The summed E-state index contributed by atoms with van der Waals surface area (Å²) in [6.45, 7) is 6.85. The van der Waals surface area contributed by atoms with Gasteiger partial charge in [-0.15, -0.1) is 0 Å². The van der Waals surface area contributed by atoms with E-state index >= 15 is 0 Å². The van der Waals surface area contributed by atoms with Crippen molar-refractivity contribution in [3.8, 4) is 0 Å². The predicted molar refractivity (Wildman–Crippen MR) is 67.4 cm³/mol. The van der Waals surface area contributed by atoms with Crippen molar-refractivity contribution < 1.29 is 0 Å². The molecule has 0 spiro atoms. The van der Waals surface area contributed by atoms with E-state index in [-0.39, 0.29) is 0 Å². The summed E-state index contributed by atoms with van der Waals surface area (Å²) in [6, 6.07) is 2.11. The zero-order valence-electron chi connectivity index (χ0n) is 9.42. The first kappa shape index (κ1) is 12.0. The van der Waals surface area contributed by atoms with E-state index in [1.165, 1.54) is 5.56 Å². The lowest BCUT2D eigenvalue weighted by Gasteiger charge is -2.09. The van der Waals surface area contributed by atoms with Crippen LogP contribution in [0.15, 0.2) is 21.8 Å². The van der Waals surface area contributed by atoms with Crippen molar-refractivity contribution in [1.29, 1.82) is 0 Å². The molecule has 0 aliphatic heterocycles. The van der Waals surface area contributed by atoms with Gasteiger partial charge < -0.3 is 10.6 Å². The third kappa shape index (κ3) is 4.83. The van der Waals surface area contributed by atoms with Crippen molar-refractivity contribution in [2.45, 2.75) is 26.8 Å². The molecule has 0 aromatic carbocycles. The molecule has 0 fully saturated rings. The normalized spacial score (nSPS) is 11.5. The van der Waals surface area contributed by atoms with E-state index in [4.69, 9.17) is 0 Å². The second-order valence-electron chi connectivity index (χ2n) is 3.25. The number of nitrogens with one attached hydrogen (secondary N) is 2. The zero-order valence-corrected chi connectivity index (χ0v) is 10.2. The Labute approximate surface area is 95.6 Å². The molecule has 4 heteroatoms. The molecule has 1 heterocycles. The van der Waals surface area contributed by atoms with Crippen molar-refractivity contribution in [2.75, 3.05) is 13.1 Å². The summed E-state index contributed by atoms with van der Waals surface area (Å²) in [4.78, 5) is 4.49. The van der Waals surface area contributed by atoms with Crippen LogP contribution < -0.4 is 10.6 Å². The fourth-order valence-corrected chi connectivity index (χ4v) is 1.80. The number of hydrogen-bond donors (Lipinski definition) is 2. The average molecular weight is 225 g/mol. The van der Waals surface area contributed by atoms with E-state index in [0.29, 0.717) is 0 Å². The quantitative estimate of drug-likeness (QED) is 0.595. The first-order valence-corrected chi connectivity index (χ1v) is 6.34. The summed E-state index contributed by atoms with van der Waals surface area (Å²) in [7, 11) is 0. The predicted octanol–water partition coefficient (Wildman–Crippen LogP) is 2.21. The maximum atomic E-state index is 4.49. The van der Waals surface area contributed by atoms with Gasteiger partial charge >= 0.3 is 0 Å². The Kier molecular flexibility index (Phi) is 5.85. The highest BCUT2D eigenvalue weighted by Gasteiger charge is 1.95. The van der Waals surface area contributed by atoms with E-state index in [0.717, 1.165) is 32.0 Å². The van der Waals surface area contributed by atoms with Crippen molar-refractivity contribution in [2.24, 2.45) is 4.99 Å². The summed E-state index contributed by atoms with van der Waals surface area (Å²) < 4.78 is 0. The van der Waals surface area contributed by atoms with Crippen molar-refractivity contribution >= 4 is 17.3 Å². The molecular formula is C11H19N3S. The van der Waals surface area contributed by atoms with Crippen molar-refractivity contribution in [3.63, 3.8) is 0 Å². The lowest BCUT2D eigenvalue weighted by Crippen LogP contribution is -2.37. The summed E-state index contributed by atoms with van der Waals surface area (Å²) >= 11 is 1.71. The molecular weight excluding hydrogens is 206 g/mol. The second-order valence-corrected chi connectivity index (χ2v) is 4.03. The minimum Gasteiger partial charge on any atom is -0.357 e. The Morgan fingerprint density at radius 1 is 1.40 bits per heavy atom. The molecule has 0 aliphatic carbocycles. The molecule has 0 saturated heterocycles. The number of rotatable bonds is 5. The van der Waals surface area contributed by atoms with Gasteiger partial charge in [0.2, 0.25) is 0 Å². The molecule has 15 heavy (non-hydrogen) atoms. The van der Waals surface area contributed by atoms with Gasteiger partial charge in [-0.2, -0.15) is 11.3 Å². The Hall–Kier alpha value is -1.03. The summed E-state index contributed by atoms with van der Waals surface area (Å²) in [6.07, 6.45) is 1.11. The maximum Gasteiger partial charge on any atom is 0.191 e. The number of hydrogen-bond acceptors (Lipinski definition) is 2. The van der Waals surface area contributed by atoms with E-state index in [1.807, 2.05) is 0 Å². The van der Waals surface area contributed by atoms with Gasteiger partial charge in [-0.05, 0) is 35.7 Å². The summed E-state index contributed by atoms with van der Waals surface area (Å²) in [5.74, 6) is 0.908. The topological polar surface area (TPSA) is 36.4 Å². The Morgan fingerprint density at radius 3 is 2.87 bits per heavy atom. The molecule has 0 saturated carbocycles. The van der Waals surface area contributed by atoms with Crippen LogP contribution in [0.1, 0.15) is 25.8 Å². The third-order valence-electron chi connectivity index (χ3n) is 1.89. The highest BCUT2D eigenvalue weighted by molar-refractivity contribution is 7.07. The van der Waals surface area contributed by atoms with Gasteiger partial charge in [0, 0.05) is 13.1 Å². The third-order valence-corrected chi connectivity index (χ3v) is 2.62. The van der Waals surface area contributed by atoms with Crippen LogP contribution in [0.4, 0.5) is 0 Å².